The zero-order chi connectivity index (χ0) is 21.3. The van der Waals surface area contributed by atoms with Crippen molar-refractivity contribution in [3.05, 3.63) is 28.7 Å². The second-order valence-corrected chi connectivity index (χ2v) is 7.93. The molecule has 2 amide bonds. The fourth-order valence-corrected chi connectivity index (χ4v) is 3.84. The van der Waals surface area contributed by atoms with Crippen molar-refractivity contribution >= 4 is 28.4 Å². The van der Waals surface area contributed by atoms with Crippen molar-refractivity contribution < 1.29 is 14.0 Å². The number of carbonyl (C=O) groups is 2. The third-order valence-electron chi connectivity index (χ3n) is 5.32. The van der Waals surface area contributed by atoms with Crippen molar-refractivity contribution in [3.63, 3.8) is 0 Å². The van der Waals surface area contributed by atoms with Crippen LogP contribution in [-0.2, 0) is 4.79 Å². The van der Waals surface area contributed by atoms with Gasteiger partial charge in [0.25, 0.3) is 11.8 Å². The normalized spacial score (nSPS) is 16.6. The summed E-state index contributed by atoms with van der Waals surface area (Å²) in [5, 5.41) is 3.60. The molecule has 1 aromatic carbocycles. The minimum Gasteiger partial charge on any atom is -0.367 e. The molecule has 0 unspecified atom stereocenters. The molecule has 3 rings (SSSR count). The number of halogens is 1. The average molecular weight is 398 g/mol. The Hall–Kier alpha value is -3.01. The summed E-state index contributed by atoms with van der Waals surface area (Å²) < 4.78 is 15.1. The number of benzene rings is 1. The molecule has 1 fully saturated rings. The van der Waals surface area contributed by atoms with Crippen molar-refractivity contribution in [3.8, 4) is 11.8 Å². The first-order valence-electron chi connectivity index (χ1n) is 9.87. The average Bonchev–Trinajstić information content (AvgIpc) is 2.94. The van der Waals surface area contributed by atoms with Gasteiger partial charge in [0.2, 0.25) is 0 Å². The lowest BCUT2D eigenvalue weighted by molar-refractivity contribution is -0.116. The molecule has 0 saturated carbocycles. The summed E-state index contributed by atoms with van der Waals surface area (Å²) >= 11 is 0. The third kappa shape index (κ3) is 4.21. The summed E-state index contributed by atoms with van der Waals surface area (Å²) in [4.78, 5) is 29.0. The maximum Gasteiger partial charge on any atom is 0.296 e. The Bertz CT molecular complexity index is 1030. The van der Waals surface area contributed by atoms with Crippen molar-refractivity contribution in [2.24, 2.45) is 11.7 Å². The molecule has 4 N–H and O–H groups in total. The maximum absolute atomic E-state index is 15.1. The molecule has 6 nitrogen and oxygen atoms in total. The van der Waals surface area contributed by atoms with E-state index in [2.05, 4.69) is 22.1 Å². The lowest BCUT2D eigenvalue weighted by Crippen LogP contribution is -2.47. The second-order valence-electron chi connectivity index (χ2n) is 7.93. The van der Waals surface area contributed by atoms with E-state index in [1.165, 1.54) is 6.07 Å². The highest BCUT2D eigenvalue weighted by Gasteiger charge is 2.28. The summed E-state index contributed by atoms with van der Waals surface area (Å²) in [5.74, 6) is 4.11. The van der Waals surface area contributed by atoms with Gasteiger partial charge in [-0.25, -0.2) is 4.39 Å². The SMILES string of the molecule is Cc1[nH]c2c(C(N)=O)cc(F)c(N3CCC[C@H](NC(=O)C#CC(C)C)C3)c2c1C. The molecule has 1 saturated heterocycles. The van der Waals surface area contributed by atoms with Crippen LogP contribution in [0, 0.1) is 37.4 Å². The highest BCUT2D eigenvalue weighted by molar-refractivity contribution is 6.10. The molecule has 0 radical (unpaired) electrons. The van der Waals surface area contributed by atoms with Gasteiger partial charge in [0.1, 0.15) is 5.82 Å². The Kier molecular flexibility index (Phi) is 5.83. The van der Waals surface area contributed by atoms with Crippen LogP contribution in [0.3, 0.4) is 0 Å². The van der Waals surface area contributed by atoms with Gasteiger partial charge in [0.15, 0.2) is 0 Å². The maximum atomic E-state index is 15.1. The predicted octanol–water partition coefficient (Wildman–Crippen LogP) is 2.77. The van der Waals surface area contributed by atoms with Gasteiger partial charge >= 0.3 is 0 Å². The third-order valence-corrected chi connectivity index (χ3v) is 5.32. The van der Waals surface area contributed by atoms with Crippen LogP contribution in [0.25, 0.3) is 10.9 Å². The Morgan fingerprint density at radius 3 is 2.76 bits per heavy atom. The molecule has 29 heavy (non-hydrogen) atoms. The van der Waals surface area contributed by atoms with Gasteiger partial charge < -0.3 is 20.9 Å². The minimum atomic E-state index is -0.672. The van der Waals surface area contributed by atoms with E-state index in [-0.39, 0.29) is 23.4 Å². The number of carbonyl (C=O) groups excluding carboxylic acids is 2. The molecule has 1 aliphatic heterocycles. The van der Waals surface area contributed by atoms with Crippen LogP contribution in [0.2, 0.25) is 0 Å². The number of amides is 2. The number of fused-ring (bicyclic) bond motifs is 1. The number of nitrogens with one attached hydrogen (secondary N) is 2. The summed E-state index contributed by atoms with van der Waals surface area (Å²) in [6.45, 7) is 8.76. The minimum absolute atomic E-state index is 0.120. The summed E-state index contributed by atoms with van der Waals surface area (Å²) in [7, 11) is 0. The highest BCUT2D eigenvalue weighted by atomic mass is 19.1. The smallest absolute Gasteiger partial charge is 0.296 e. The van der Waals surface area contributed by atoms with E-state index in [0.29, 0.717) is 29.7 Å². The number of rotatable bonds is 3. The standard InChI is InChI=1S/C22H27FN4O2/c1-12(2)7-8-18(28)26-15-6-5-9-27(11-15)21-17(23)10-16(22(24)29)20-19(21)13(3)14(4)25-20/h10,12,15,25H,5-6,9,11H2,1-4H3,(H2,24,29)(H,26,28)/t15-/m0/s1. The van der Waals surface area contributed by atoms with Crippen LogP contribution < -0.4 is 16.0 Å². The lowest BCUT2D eigenvalue weighted by Gasteiger charge is -2.35. The van der Waals surface area contributed by atoms with Gasteiger partial charge in [0, 0.05) is 36.1 Å². The number of piperidine rings is 1. The first-order valence-corrected chi connectivity index (χ1v) is 9.87. The number of anilines is 1. The number of aryl methyl sites for hydroxylation is 2. The fraction of sp³-hybridized carbons (Fsp3) is 0.455. The predicted molar refractivity (Wildman–Crippen MR) is 112 cm³/mol. The molecular formula is C22H27FN4O2. The molecule has 154 valence electrons. The van der Waals surface area contributed by atoms with E-state index in [1.807, 2.05) is 32.6 Å². The van der Waals surface area contributed by atoms with Gasteiger partial charge in [-0.1, -0.05) is 19.8 Å². The number of nitrogens with zero attached hydrogens (tertiary/aromatic N) is 1. The number of H-pyrrole nitrogens is 1. The van der Waals surface area contributed by atoms with E-state index in [1.54, 1.807) is 0 Å². The first kappa shape index (κ1) is 20.7. The molecule has 2 heterocycles. The number of hydrogen-bond donors (Lipinski definition) is 3. The number of nitrogens with two attached hydrogens (primary N) is 1. The zero-order valence-corrected chi connectivity index (χ0v) is 17.3. The summed E-state index contributed by atoms with van der Waals surface area (Å²) in [6.07, 6.45) is 1.62. The number of primary amides is 1. The largest absolute Gasteiger partial charge is 0.367 e. The van der Waals surface area contributed by atoms with Crippen molar-refractivity contribution in [2.75, 3.05) is 18.0 Å². The Morgan fingerprint density at radius 1 is 1.38 bits per heavy atom. The monoisotopic (exact) mass is 398 g/mol. The van der Waals surface area contributed by atoms with E-state index >= 15 is 4.39 Å². The van der Waals surface area contributed by atoms with Crippen molar-refractivity contribution in [2.45, 2.75) is 46.6 Å². The second kappa shape index (κ2) is 8.16. The van der Waals surface area contributed by atoms with Crippen LogP contribution in [0.15, 0.2) is 6.07 Å². The number of aromatic amines is 1. The zero-order valence-electron chi connectivity index (χ0n) is 17.3. The van der Waals surface area contributed by atoms with Gasteiger partial charge in [-0.15, -0.1) is 0 Å². The van der Waals surface area contributed by atoms with Crippen molar-refractivity contribution in [1.29, 1.82) is 0 Å². The Balaban J connectivity index is 1.95. The molecule has 1 atom stereocenters. The quantitative estimate of drug-likeness (QED) is 0.695. The van der Waals surface area contributed by atoms with Crippen LogP contribution in [0.1, 0.15) is 48.3 Å². The molecule has 2 aromatic rings. The van der Waals surface area contributed by atoms with Crippen molar-refractivity contribution in [1.82, 2.24) is 10.3 Å². The molecule has 0 aliphatic carbocycles. The lowest BCUT2D eigenvalue weighted by atomic mass is 10.0. The molecular weight excluding hydrogens is 371 g/mol. The fourth-order valence-electron chi connectivity index (χ4n) is 3.84. The van der Waals surface area contributed by atoms with E-state index in [0.717, 1.165) is 24.1 Å². The number of hydrogen-bond acceptors (Lipinski definition) is 3. The van der Waals surface area contributed by atoms with Gasteiger partial charge in [-0.05, 0) is 44.2 Å². The molecule has 1 aromatic heterocycles. The van der Waals surface area contributed by atoms with Crippen LogP contribution in [0.4, 0.5) is 10.1 Å². The van der Waals surface area contributed by atoms with Gasteiger partial charge in [-0.3, -0.25) is 9.59 Å². The van der Waals surface area contributed by atoms with Gasteiger partial charge in [0.05, 0.1) is 16.8 Å². The van der Waals surface area contributed by atoms with Gasteiger partial charge in [-0.2, -0.15) is 0 Å². The molecule has 0 bridgehead atoms. The van der Waals surface area contributed by atoms with Crippen LogP contribution in [-0.4, -0.2) is 35.9 Å². The summed E-state index contributed by atoms with van der Waals surface area (Å²) in [5.41, 5.74) is 8.34. The van der Waals surface area contributed by atoms with Crippen LogP contribution >= 0.6 is 0 Å². The molecule has 1 aliphatic rings. The van der Waals surface area contributed by atoms with E-state index in [4.69, 9.17) is 5.73 Å². The van der Waals surface area contributed by atoms with E-state index < -0.39 is 11.7 Å². The molecule has 0 spiro atoms. The Morgan fingerprint density at radius 2 is 2.10 bits per heavy atom. The first-order chi connectivity index (χ1) is 13.7. The molecule has 7 heteroatoms. The van der Waals surface area contributed by atoms with E-state index in [9.17, 15) is 9.59 Å². The summed E-state index contributed by atoms with van der Waals surface area (Å²) in [6, 6.07) is 1.08. The Labute approximate surface area is 170 Å². The highest BCUT2D eigenvalue weighted by Crippen LogP contribution is 2.37. The topological polar surface area (TPSA) is 91.2 Å². The number of aromatic nitrogens is 1. The van der Waals surface area contributed by atoms with Crippen LogP contribution in [0.5, 0.6) is 0 Å².